The molecule has 0 atom stereocenters. The summed E-state index contributed by atoms with van der Waals surface area (Å²) in [7, 11) is 0. The maximum absolute atomic E-state index is 10.8. The molecule has 0 bridgehead atoms. The van der Waals surface area contributed by atoms with Crippen LogP contribution in [-0.4, -0.2) is 24.2 Å². The zero-order valence-electron chi connectivity index (χ0n) is 24.4. The summed E-state index contributed by atoms with van der Waals surface area (Å²) in [5.41, 5.74) is 10.4. The van der Waals surface area contributed by atoms with Gasteiger partial charge >= 0.3 is 0 Å². The van der Waals surface area contributed by atoms with Crippen molar-refractivity contribution in [2.75, 3.05) is 0 Å². The van der Waals surface area contributed by atoms with Gasteiger partial charge in [-0.1, -0.05) is 71.6 Å². The molecule has 9 rings (SSSR count). The molecule has 222 valence electrons. The molecule has 0 amide bonds. The van der Waals surface area contributed by atoms with Crippen LogP contribution in [0.4, 0.5) is 0 Å². The normalized spacial score (nSPS) is 11.4. The van der Waals surface area contributed by atoms with Crippen molar-refractivity contribution in [3.63, 3.8) is 0 Å². The molecule has 0 aliphatic rings. The summed E-state index contributed by atoms with van der Waals surface area (Å²) in [6.07, 6.45) is 1.82. The van der Waals surface area contributed by atoms with Crippen LogP contribution < -0.4 is 0 Å². The molecule has 0 spiro atoms. The summed E-state index contributed by atoms with van der Waals surface area (Å²) < 4.78 is 4.58. The third-order valence-electron chi connectivity index (χ3n) is 8.56. The Bertz CT molecular complexity index is 2540. The predicted octanol–water partition coefficient (Wildman–Crippen LogP) is 9.51. The fourth-order valence-electron chi connectivity index (χ4n) is 6.61. The second kappa shape index (κ2) is 11.1. The van der Waals surface area contributed by atoms with Crippen LogP contribution in [0, 0.1) is 6.07 Å². The van der Waals surface area contributed by atoms with Gasteiger partial charge in [-0.15, -0.1) is 18.2 Å². The van der Waals surface area contributed by atoms with Crippen LogP contribution in [0.3, 0.4) is 0 Å². The largest absolute Gasteiger partial charge is 0.507 e. The third kappa shape index (κ3) is 4.27. The Kier molecular flexibility index (Phi) is 6.78. The van der Waals surface area contributed by atoms with Gasteiger partial charge in [-0.2, -0.15) is 0 Å². The van der Waals surface area contributed by atoms with E-state index in [0.29, 0.717) is 5.56 Å². The van der Waals surface area contributed by atoms with Gasteiger partial charge < -0.3 is 14.2 Å². The first-order valence-electron chi connectivity index (χ1n) is 14.9. The SMILES string of the molecule is Oc1ccccc1-c1ccc2c(n1)c1c3c4[c-]c(-c5ccccn5)ccc4n(-c4ccccc4)c3ccc1n2-c1ccccc1.[Pt]. The van der Waals surface area contributed by atoms with Crippen LogP contribution >= 0.6 is 0 Å². The number of fused-ring (bicyclic) bond motifs is 7. The van der Waals surface area contributed by atoms with Crippen molar-refractivity contribution >= 4 is 43.7 Å². The van der Waals surface area contributed by atoms with Crippen molar-refractivity contribution in [3.8, 4) is 39.6 Å². The van der Waals surface area contributed by atoms with E-state index in [0.717, 1.165) is 72.1 Å². The van der Waals surface area contributed by atoms with Gasteiger partial charge in [-0.05, 0) is 77.6 Å². The number of benzene rings is 5. The number of rotatable bonds is 4. The Hall–Kier alpha value is -5.51. The fourth-order valence-corrected chi connectivity index (χ4v) is 6.61. The quantitative estimate of drug-likeness (QED) is 0.182. The molecule has 0 saturated carbocycles. The van der Waals surface area contributed by atoms with Crippen LogP contribution in [0.2, 0.25) is 0 Å². The summed E-state index contributed by atoms with van der Waals surface area (Å²) in [6.45, 7) is 0. The third-order valence-corrected chi connectivity index (χ3v) is 8.56. The smallest absolute Gasteiger partial charge is 0.124 e. The van der Waals surface area contributed by atoms with Gasteiger partial charge in [-0.3, -0.25) is 4.98 Å². The van der Waals surface area contributed by atoms with Gasteiger partial charge in [0.05, 0.1) is 16.7 Å². The molecule has 5 nitrogen and oxygen atoms in total. The number of hydrogen-bond acceptors (Lipinski definition) is 3. The van der Waals surface area contributed by atoms with Crippen LogP contribution in [0.1, 0.15) is 0 Å². The Balaban J connectivity index is 0.00000312. The molecule has 1 N–H and O–H groups in total. The second-order valence-electron chi connectivity index (χ2n) is 11.1. The van der Waals surface area contributed by atoms with Crippen LogP contribution in [0.5, 0.6) is 5.75 Å². The van der Waals surface area contributed by atoms with Gasteiger partial charge in [-0.25, -0.2) is 4.98 Å². The van der Waals surface area contributed by atoms with Gasteiger partial charge in [0, 0.05) is 66.3 Å². The van der Waals surface area contributed by atoms with Gasteiger partial charge in [0.25, 0.3) is 0 Å². The number of aromatic hydroxyl groups is 1. The minimum Gasteiger partial charge on any atom is -0.507 e. The zero-order chi connectivity index (χ0) is 29.9. The molecule has 0 unspecified atom stereocenters. The van der Waals surface area contributed by atoms with Crippen molar-refractivity contribution in [1.82, 2.24) is 19.1 Å². The first kappa shape index (κ1) is 28.0. The zero-order valence-corrected chi connectivity index (χ0v) is 26.7. The molecule has 5 aromatic carbocycles. The molecule has 0 aliphatic heterocycles. The Morgan fingerprint density at radius 1 is 0.522 bits per heavy atom. The number of aromatic nitrogens is 4. The van der Waals surface area contributed by atoms with E-state index in [1.807, 2.05) is 60.8 Å². The van der Waals surface area contributed by atoms with E-state index in [9.17, 15) is 5.11 Å². The molecular formula is C40H25N4OPt-. The average molecular weight is 773 g/mol. The van der Waals surface area contributed by atoms with Crippen molar-refractivity contribution in [1.29, 1.82) is 0 Å². The number of para-hydroxylation sites is 3. The standard InChI is InChI=1S/C40H25N4O.Pt/c45-37-17-8-7-15-29(37)32-19-21-36-40(42-32)39-35(44(36)28-13-5-2-6-14-28)23-22-34-38(39)30-25-26(31-16-9-10-24-41-31)18-20-33(30)43(34)27-11-3-1-4-12-27;/h1-24,45H;/q-1;. The molecule has 4 heterocycles. The fraction of sp³-hybridized carbons (Fsp3) is 0. The Morgan fingerprint density at radius 2 is 1.13 bits per heavy atom. The molecule has 0 aliphatic carbocycles. The Labute approximate surface area is 279 Å². The molecule has 0 fully saturated rings. The molecule has 9 aromatic rings. The van der Waals surface area contributed by atoms with E-state index in [-0.39, 0.29) is 26.8 Å². The van der Waals surface area contributed by atoms with E-state index >= 15 is 0 Å². The van der Waals surface area contributed by atoms with Gasteiger partial charge in [0.15, 0.2) is 0 Å². The summed E-state index contributed by atoms with van der Waals surface area (Å²) in [5, 5.41) is 13.9. The van der Waals surface area contributed by atoms with Gasteiger partial charge in [0.1, 0.15) is 5.75 Å². The van der Waals surface area contributed by atoms with Crippen molar-refractivity contribution in [2.45, 2.75) is 0 Å². The van der Waals surface area contributed by atoms with E-state index in [4.69, 9.17) is 4.98 Å². The van der Waals surface area contributed by atoms with E-state index < -0.39 is 0 Å². The number of pyridine rings is 2. The number of phenols is 1. The molecule has 46 heavy (non-hydrogen) atoms. The summed E-state index contributed by atoms with van der Waals surface area (Å²) >= 11 is 0. The topological polar surface area (TPSA) is 55.9 Å². The molecule has 0 saturated heterocycles. The Morgan fingerprint density at radius 3 is 1.83 bits per heavy atom. The van der Waals surface area contributed by atoms with Crippen molar-refractivity contribution in [2.24, 2.45) is 0 Å². The second-order valence-corrected chi connectivity index (χ2v) is 11.1. The monoisotopic (exact) mass is 772 g/mol. The molecule has 6 heteroatoms. The number of nitrogens with zero attached hydrogens (tertiary/aromatic N) is 4. The molecule has 4 aromatic heterocycles. The van der Waals surface area contributed by atoms with Crippen molar-refractivity contribution < 1.29 is 26.2 Å². The van der Waals surface area contributed by atoms with E-state index in [1.165, 1.54) is 0 Å². The number of hydrogen-bond donors (Lipinski definition) is 1. The first-order chi connectivity index (χ1) is 22.3. The van der Waals surface area contributed by atoms with E-state index in [2.05, 4.69) is 99.0 Å². The van der Waals surface area contributed by atoms with Crippen molar-refractivity contribution in [3.05, 3.63) is 152 Å². The first-order valence-corrected chi connectivity index (χ1v) is 14.9. The predicted molar refractivity (Wildman–Crippen MR) is 182 cm³/mol. The summed E-state index contributed by atoms with van der Waals surface area (Å²) in [4.78, 5) is 9.92. The minimum atomic E-state index is 0. The van der Waals surface area contributed by atoms with Crippen LogP contribution in [0.25, 0.3) is 77.6 Å². The minimum absolute atomic E-state index is 0. The maximum atomic E-state index is 10.8. The summed E-state index contributed by atoms with van der Waals surface area (Å²) in [5.74, 6) is 0.204. The number of phenolic OH excluding ortho intramolecular Hbond substituents is 1. The van der Waals surface area contributed by atoms with Gasteiger partial charge in [0.2, 0.25) is 0 Å². The molecular weight excluding hydrogens is 748 g/mol. The molecule has 0 radical (unpaired) electrons. The van der Waals surface area contributed by atoms with Crippen LogP contribution in [0.15, 0.2) is 146 Å². The van der Waals surface area contributed by atoms with E-state index in [1.54, 1.807) is 6.07 Å². The summed E-state index contributed by atoms with van der Waals surface area (Å²) in [6, 6.07) is 50.7. The average Bonchev–Trinajstić information content (AvgIpc) is 3.61. The van der Waals surface area contributed by atoms with Crippen LogP contribution in [-0.2, 0) is 21.1 Å². The maximum Gasteiger partial charge on any atom is 0.124 e.